The first-order valence-electron chi connectivity index (χ1n) is 5.17. The third kappa shape index (κ3) is 3.07. The molecule has 16 heavy (non-hydrogen) atoms. The molecule has 0 aliphatic carbocycles. The fourth-order valence-corrected chi connectivity index (χ4v) is 3.18. The molecule has 0 saturated heterocycles. The molecule has 0 unspecified atom stereocenters. The summed E-state index contributed by atoms with van der Waals surface area (Å²) in [4.78, 5) is 5.66. The number of aromatic nitrogens is 1. The number of hydrogen-bond donors (Lipinski definition) is 1. The fraction of sp³-hybridized carbons (Fsp3) is 0.250. The van der Waals surface area contributed by atoms with Crippen LogP contribution in [-0.2, 0) is 6.42 Å². The molecule has 0 spiro atoms. The lowest BCUT2D eigenvalue weighted by molar-refractivity contribution is 0.966. The second-order valence-corrected chi connectivity index (χ2v) is 5.72. The molecule has 0 atom stereocenters. The molecule has 2 rings (SSSR count). The van der Waals surface area contributed by atoms with Crippen molar-refractivity contribution < 1.29 is 0 Å². The summed E-state index contributed by atoms with van der Waals surface area (Å²) in [5.41, 5.74) is 7.90. The van der Waals surface area contributed by atoms with Crippen LogP contribution in [0.4, 0.5) is 0 Å². The van der Waals surface area contributed by atoms with Crippen LogP contribution in [-0.4, -0.2) is 11.5 Å². The first kappa shape index (κ1) is 11.6. The molecular weight excluding hydrogens is 236 g/mol. The average molecular weight is 250 g/mol. The van der Waals surface area contributed by atoms with Crippen molar-refractivity contribution in [3.05, 3.63) is 40.9 Å². The van der Waals surface area contributed by atoms with Crippen LogP contribution < -0.4 is 5.73 Å². The Kier molecular flexibility index (Phi) is 3.98. The van der Waals surface area contributed by atoms with Gasteiger partial charge in [-0.2, -0.15) is 0 Å². The first-order chi connectivity index (χ1) is 7.78. The van der Waals surface area contributed by atoms with Gasteiger partial charge in [-0.25, -0.2) is 4.98 Å². The standard InChI is InChI=1S/C12H14N2S2/c1-9-8-15-12(14-9)16-11-4-2-10(3-5-11)6-7-13/h2-5,8H,6-7,13H2,1H3. The van der Waals surface area contributed by atoms with E-state index in [0.29, 0.717) is 6.54 Å². The van der Waals surface area contributed by atoms with Crippen LogP contribution in [0, 0.1) is 6.92 Å². The summed E-state index contributed by atoms with van der Waals surface area (Å²) in [5, 5.41) is 2.07. The Balaban J connectivity index is 2.05. The fourth-order valence-electron chi connectivity index (χ4n) is 1.37. The lowest BCUT2D eigenvalue weighted by Crippen LogP contribution is -2.02. The van der Waals surface area contributed by atoms with Gasteiger partial charge in [0.1, 0.15) is 0 Å². The van der Waals surface area contributed by atoms with Gasteiger partial charge in [-0.3, -0.25) is 0 Å². The summed E-state index contributed by atoms with van der Waals surface area (Å²) < 4.78 is 1.10. The van der Waals surface area contributed by atoms with Gasteiger partial charge in [0.05, 0.1) is 0 Å². The van der Waals surface area contributed by atoms with Gasteiger partial charge in [0.2, 0.25) is 0 Å². The van der Waals surface area contributed by atoms with Gasteiger partial charge in [0.15, 0.2) is 4.34 Å². The highest BCUT2D eigenvalue weighted by Gasteiger charge is 2.01. The predicted molar refractivity (Wildman–Crippen MR) is 70.2 cm³/mol. The maximum absolute atomic E-state index is 5.51. The van der Waals surface area contributed by atoms with E-state index in [0.717, 1.165) is 16.5 Å². The van der Waals surface area contributed by atoms with E-state index in [4.69, 9.17) is 5.73 Å². The molecule has 0 aliphatic heterocycles. The molecule has 0 fully saturated rings. The van der Waals surface area contributed by atoms with Gasteiger partial charge >= 0.3 is 0 Å². The Bertz CT molecular complexity index is 448. The molecule has 2 N–H and O–H groups in total. The van der Waals surface area contributed by atoms with Crippen molar-refractivity contribution in [2.75, 3.05) is 6.54 Å². The zero-order chi connectivity index (χ0) is 11.4. The third-order valence-corrected chi connectivity index (χ3v) is 4.22. The van der Waals surface area contributed by atoms with E-state index in [1.54, 1.807) is 23.1 Å². The highest BCUT2D eigenvalue weighted by Crippen LogP contribution is 2.30. The van der Waals surface area contributed by atoms with Crippen molar-refractivity contribution in [3.8, 4) is 0 Å². The Hall–Kier alpha value is -0.840. The number of nitrogens with two attached hydrogens (primary N) is 1. The summed E-state index contributed by atoms with van der Waals surface area (Å²) in [6, 6.07) is 8.53. The SMILES string of the molecule is Cc1csc(Sc2ccc(CCN)cc2)n1. The molecule has 1 aromatic carbocycles. The van der Waals surface area contributed by atoms with Crippen molar-refractivity contribution in [1.29, 1.82) is 0 Å². The molecule has 0 aliphatic rings. The van der Waals surface area contributed by atoms with Crippen LogP contribution in [0.15, 0.2) is 38.9 Å². The van der Waals surface area contributed by atoms with E-state index in [-0.39, 0.29) is 0 Å². The molecule has 2 nitrogen and oxygen atoms in total. The minimum absolute atomic E-state index is 0.707. The van der Waals surface area contributed by atoms with Gasteiger partial charge in [-0.1, -0.05) is 23.9 Å². The van der Waals surface area contributed by atoms with E-state index in [1.165, 1.54) is 10.5 Å². The number of rotatable bonds is 4. The summed E-state index contributed by atoms with van der Waals surface area (Å²) >= 11 is 3.40. The Morgan fingerprint density at radius 2 is 2.06 bits per heavy atom. The number of hydrogen-bond acceptors (Lipinski definition) is 4. The maximum atomic E-state index is 5.51. The van der Waals surface area contributed by atoms with E-state index in [1.807, 2.05) is 6.92 Å². The lowest BCUT2D eigenvalue weighted by atomic mass is 10.2. The van der Waals surface area contributed by atoms with Crippen LogP contribution in [0.2, 0.25) is 0 Å². The molecule has 0 saturated carbocycles. The number of benzene rings is 1. The lowest BCUT2D eigenvalue weighted by Gasteiger charge is -2.00. The van der Waals surface area contributed by atoms with Gasteiger partial charge in [-0.05, 0) is 37.6 Å². The van der Waals surface area contributed by atoms with Crippen molar-refractivity contribution in [2.24, 2.45) is 5.73 Å². The van der Waals surface area contributed by atoms with E-state index in [9.17, 15) is 0 Å². The van der Waals surface area contributed by atoms with Crippen molar-refractivity contribution in [1.82, 2.24) is 4.98 Å². The van der Waals surface area contributed by atoms with Crippen molar-refractivity contribution >= 4 is 23.1 Å². The molecule has 1 aromatic heterocycles. The van der Waals surface area contributed by atoms with Crippen molar-refractivity contribution in [3.63, 3.8) is 0 Å². The first-order valence-corrected chi connectivity index (χ1v) is 6.86. The summed E-state index contributed by atoms with van der Waals surface area (Å²) in [6.07, 6.45) is 0.946. The van der Waals surface area contributed by atoms with Gasteiger partial charge in [-0.15, -0.1) is 11.3 Å². The summed E-state index contributed by atoms with van der Waals surface area (Å²) in [5.74, 6) is 0. The van der Waals surface area contributed by atoms with Crippen molar-refractivity contribution in [2.45, 2.75) is 22.6 Å². The molecule has 0 radical (unpaired) electrons. The Morgan fingerprint density at radius 1 is 1.31 bits per heavy atom. The van der Waals surface area contributed by atoms with Gasteiger partial charge in [0.25, 0.3) is 0 Å². The summed E-state index contributed by atoms with van der Waals surface area (Å²) in [6.45, 7) is 2.73. The predicted octanol–water partition coefficient (Wildman–Crippen LogP) is 3.10. The second kappa shape index (κ2) is 5.48. The quantitative estimate of drug-likeness (QED) is 0.906. The molecule has 4 heteroatoms. The monoisotopic (exact) mass is 250 g/mol. The molecule has 1 heterocycles. The number of thiazole rings is 1. The van der Waals surface area contributed by atoms with Crippen LogP contribution >= 0.6 is 23.1 Å². The Labute approximate surface area is 104 Å². The normalized spacial score (nSPS) is 10.6. The molecule has 0 bridgehead atoms. The van der Waals surface area contributed by atoms with Crippen LogP contribution in [0.1, 0.15) is 11.3 Å². The van der Waals surface area contributed by atoms with Gasteiger partial charge in [0, 0.05) is 16.0 Å². The highest BCUT2D eigenvalue weighted by molar-refractivity contribution is 8.01. The topological polar surface area (TPSA) is 38.9 Å². The van der Waals surface area contributed by atoms with E-state index in [2.05, 4.69) is 34.6 Å². The van der Waals surface area contributed by atoms with E-state index < -0.39 is 0 Å². The maximum Gasteiger partial charge on any atom is 0.154 e. The minimum Gasteiger partial charge on any atom is -0.330 e. The zero-order valence-corrected chi connectivity index (χ0v) is 10.8. The van der Waals surface area contributed by atoms with Crippen LogP contribution in [0.5, 0.6) is 0 Å². The molecular formula is C12H14N2S2. The average Bonchev–Trinajstić information content (AvgIpc) is 2.67. The zero-order valence-electron chi connectivity index (χ0n) is 9.14. The van der Waals surface area contributed by atoms with Gasteiger partial charge < -0.3 is 5.73 Å². The minimum atomic E-state index is 0.707. The largest absolute Gasteiger partial charge is 0.330 e. The Morgan fingerprint density at radius 3 is 2.62 bits per heavy atom. The van der Waals surface area contributed by atoms with Crippen LogP contribution in [0.3, 0.4) is 0 Å². The highest BCUT2D eigenvalue weighted by atomic mass is 32.2. The smallest absolute Gasteiger partial charge is 0.154 e. The van der Waals surface area contributed by atoms with Crippen LogP contribution in [0.25, 0.3) is 0 Å². The molecule has 0 amide bonds. The van der Waals surface area contributed by atoms with E-state index >= 15 is 0 Å². The number of aryl methyl sites for hydroxylation is 1. The molecule has 84 valence electrons. The molecule has 2 aromatic rings. The second-order valence-electron chi connectivity index (χ2n) is 3.54. The summed E-state index contributed by atoms with van der Waals surface area (Å²) in [7, 11) is 0. The third-order valence-electron chi connectivity index (χ3n) is 2.16. The number of nitrogens with zero attached hydrogens (tertiary/aromatic N) is 1.